The minimum atomic E-state index is -4.13. The van der Waals surface area contributed by atoms with Crippen LogP contribution in [0, 0.1) is 6.92 Å². The third-order valence-electron chi connectivity index (χ3n) is 2.87. The first kappa shape index (κ1) is 16.0. The average Bonchev–Trinajstić information content (AvgIpc) is 2.29. The zero-order chi connectivity index (χ0) is 14.5. The van der Waals surface area contributed by atoms with E-state index in [9.17, 15) is 13.2 Å². The van der Waals surface area contributed by atoms with E-state index in [1.807, 2.05) is 31.2 Å². The van der Waals surface area contributed by atoms with Crippen molar-refractivity contribution < 1.29 is 17.9 Å². The van der Waals surface area contributed by atoms with E-state index >= 15 is 0 Å². The maximum Gasteiger partial charge on any atom is 0.389 e. The van der Waals surface area contributed by atoms with Crippen LogP contribution >= 0.6 is 0 Å². The first-order chi connectivity index (χ1) is 8.81. The number of nitrogens with two attached hydrogens (primary N) is 1. The third kappa shape index (κ3) is 5.61. The van der Waals surface area contributed by atoms with Gasteiger partial charge in [0.2, 0.25) is 0 Å². The molecule has 0 fully saturated rings. The molecule has 0 aliphatic heterocycles. The summed E-state index contributed by atoms with van der Waals surface area (Å²) in [6, 6.07) is 7.33. The topological polar surface area (TPSA) is 35.2 Å². The second-order valence-electron chi connectivity index (χ2n) is 4.73. The summed E-state index contributed by atoms with van der Waals surface area (Å²) in [4.78, 5) is 0. The quantitative estimate of drug-likeness (QED) is 0.803. The average molecular weight is 275 g/mol. The number of hydrogen-bond donors (Lipinski definition) is 1. The smallest absolute Gasteiger partial charge is 0.372 e. The molecule has 0 amide bonds. The molecular formula is C14H20F3NO. The van der Waals surface area contributed by atoms with Crippen LogP contribution in [0.1, 0.15) is 37.0 Å². The highest BCUT2D eigenvalue weighted by Gasteiger charge is 2.26. The molecule has 108 valence electrons. The largest absolute Gasteiger partial charge is 0.389 e. The van der Waals surface area contributed by atoms with Gasteiger partial charge in [-0.25, -0.2) is 0 Å². The molecule has 2 nitrogen and oxygen atoms in total. The molecule has 1 aromatic carbocycles. The van der Waals surface area contributed by atoms with Crippen molar-refractivity contribution in [2.75, 3.05) is 6.61 Å². The number of hydrogen-bond acceptors (Lipinski definition) is 2. The summed E-state index contributed by atoms with van der Waals surface area (Å²) >= 11 is 0. The van der Waals surface area contributed by atoms with E-state index in [2.05, 4.69) is 0 Å². The maximum absolute atomic E-state index is 12.0. The van der Waals surface area contributed by atoms with Gasteiger partial charge in [-0.2, -0.15) is 13.2 Å². The summed E-state index contributed by atoms with van der Waals surface area (Å²) < 4.78 is 41.7. The molecule has 19 heavy (non-hydrogen) atoms. The van der Waals surface area contributed by atoms with Gasteiger partial charge in [0.05, 0.1) is 6.10 Å². The van der Waals surface area contributed by atoms with E-state index in [0.717, 1.165) is 11.1 Å². The zero-order valence-corrected chi connectivity index (χ0v) is 11.2. The molecule has 0 aliphatic carbocycles. The van der Waals surface area contributed by atoms with Crippen molar-refractivity contribution in [1.29, 1.82) is 0 Å². The Morgan fingerprint density at radius 2 is 1.89 bits per heavy atom. The van der Waals surface area contributed by atoms with E-state index in [-0.39, 0.29) is 25.2 Å². The molecule has 5 heteroatoms. The van der Waals surface area contributed by atoms with Crippen molar-refractivity contribution in [3.63, 3.8) is 0 Å². The lowest BCUT2D eigenvalue weighted by atomic mass is 9.99. The summed E-state index contributed by atoms with van der Waals surface area (Å²) in [5.41, 5.74) is 7.82. The molecule has 0 heterocycles. The minimum absolute atomic E-state index is 0.0431. The summed E-state index contributed by atoms with van der Waals surface area (Å²) in [5, 5.41) is 0. The summed E-state index contributed by atoms with van der Waals surface area (Å²) in [6.07, 6.45) is -5.37. The Morgan fingerprint density at radius 3 is 2.42 bits per heavy atom. The van der Waals surface area contributed by atoms with Crippen LogP contribution < -0.4 is 5.73 Å². The van der Waals surface area contributed by atoms with Crippen LogP contribution in [0.5, 0.6) is 0 Å². The summed E-state index contributed by atoms with van der Waals surface area (Å²) in [5.74, 6) is 0. The second kappa shape index (κ2) is 6.91. The van der Waals surface area contributed by atoms with Crippen LogP contribution in [-0.2, 0) is 4.74 Å². The van der Waals surface area contributed by atoms with Gasteiger partial charge in [-0.3, -0.25) is 0 Å². The van der Waals surface area contributed by atoms with Gasteiger partial charge in [-0.05, 0) is 31.4 Å². The Labute approximate surface area is 111 Å². The highest BCUT2D eigenvalue weighted by molar-refractivity contribution is 5.28. The number of rotatable bonds is 6. The second-order valence-corrected chi connectivity index (χ2v) is 4.73. The first-order valence-electron chi connectivity index (χ1n) is 6.30. The zero-order valence-electron chi connectivity index (χ0n) is 11.2. The molecule has 0 spiro atoms. The molecule has 2 unspecified atom stereocenters. The monoisotopic (exact) mass is 275 g/mol. The van der Waals surface area contributed by atoms with Crippen LogP contribution in [0.15, 0.2) is 24.3 Å². The van der Waals surface area contributed by atoms with E-state index in [4.69, 9.17) is 10.5 Å². The van der Waals surface area contributed by atoms with Crippen LogP contribution in [-0.4, -0.2) is 18.8 Å². The van der Waals surface area contributed by atoms with Gasteiger partial charge in [0.1, 0.15) is 0 Å². The molecule has 1 aromatic rings. The van der Waals surface area contributed by atoms with Crippen LogP contribution in [0.25, 0.3) is 0 Å². The molecule has 0 aliphatic rings. The Bertz CT molecular complexity index is 391. The summed E-state index contributed by atoms with van der Waals surface area (Å²) in [7, 11) is 0. The first-order valence-corrected chi connectivity index (χ1v) is 6.30. The summed E-state index contributed by atoms with van der Waals surface area (Å²) in [6.45, 7) is 3.78. The highest BCUT2D eigenvalue weighted by Crippen LogP contribution is 2.25. The van der Waals surface area contributed by atoms with Crippen molar-refractivity contribution in [3.05, 3.63) is 35.4 Å². The molecule has 0 saturated carbocycles. The SMILES string of the molecule is Cc1ccccc1C(OCCCC(F)(F)F)C(C)N. The van der Waals surface area contributed by atoms with E-state index in [1.54, 1.807) is 6.92 Å². The molecular weight excluding hydrogens is 255 g/mol. The van der Waals surface area contributed by atoms with Crippen LogP contribution in [0.4, 0.5) is 13.2 Å². The number of ether oxygens (including phenoxy) is 1. The van der Waals surface area contributed by atoms with Crippen LogP contribution in [0.2, 0.25) is 0 Å². The van der Waals surface area contributed by atoms with E-state index < -0.39 is 12.6 Å². The van der Waals surface area contributed by atoms with Crippen molar-refractivity contribution in [3.8, 4) is 0 Å². The van der Waals surface area contributed by atoms with Crippen molar-refractivity contribution >= 4 is 0 Å². The number of halogens is 3. The Hall–Kier alpha value is -1.07. The van der Waals surface area contributed by atoms with Gasteiger partial charge in [-0.15, -0.1) is 0 Å². The fraction of sp³-hybridized carbons (Fsp3) is 0.571. The normalized spacial score (nSPS) is 15.3. The van der Waals surface area contributed by atoms with Crippen LogP contribution in [0.3, 0.4) is 0 Å². The molecule has 0 aromatic heterocycles. The standard InChI is InChI=1S/C14H20F3NO/c1-10-6-3-4-7-12(10)13(11(2)18)19-9-5-8-14(15,16)17/h3-4,6-7,11,13H,5,8-9,18H2,1-2H3. The fourth-order valence-electron chi connectivity index (χ4n) is 1.91. The Balaban J connectivity index is 2.58. The lowest BCUT2D eigenvalue weighted by Gasteiger charge is -2.23. The fourth-order valence-corrected chi connectivity index (χ4v) is 1.91. The lowest BCUT2D eigenvalue weighted by Crippen LogP contribution is -2.28. The molecule has 1 rings (SSSR count). The molecule has 0 bridgehead atoms. The number of benzene rings is 1. The van der Waals surface area contributed by atoms with Gasteiger partial charge < -0.3 is 10.5 Å². The lowest BCUT2D eigenvalue weighted by molar-refractivity contribution is -0.139. The van der Waals surface area contributed by atoms with Crippen molar-refractivity contribution in [1.82, 2.24) is 0 Å². The van der Waals surface area contributed by atoms with Crippen molar-refractivity contribution in [2.45, 2.75) is 45.0 Å². The molecule has 0 saturated heterocycles. The van der Waals surface area contributed by atoms with E-state index in [0.29, 0.717) is 0 Å². The minimum Gasteiger partial charge on any atom is -0.372 e. The molecule has 2 N–H and O–H groups in total. The Kier molecular flexibility index (Phi) is 5.82. The van der Waals surface area contributed by atoms with Gasteiger partial charge in [0.25, 0.3) is 0 Å². The number of aryl methyl sites for hydroxylation is 1. The maximum atomic E-state index is 12.0. The predicted molar refractivity (Wildman–Crippen MR) is 68.8 cm³/mol. The molecule has 2 atom stereocenters. The van der Waals surface area contributed by atoms with E-state index in [1.165, 1.54) is 0 Å². The Morgan fingerprint density at radius 1 is 1.26 bits per heavy atom. The van der Waals surface area contributed by atoms with Gasteiger partial charge in [0.15, 0.2) is 0 Å². The predicted octanol–water partition coefficient (Wildman–Crippen LogP) is 3.74. The number of alkyl halides is 3. The molecule has 0 radical (unpaired) electrons. The highest BCUT2D eigenvalue weighted by atomic mass is 19.4. The third-order valence-corrected chi connectivity index (χ3v) is 2.87. The van der Waals surface area contributed by atoms with Crippen molar-refractivity contribution in [2.24, 2.45) is 5.73 Å². The van der Waals surface area contributed by atoms with Gasteiger partial charge in [0, 0.05) is 19.1 Å². The van der Waals surface area contributed by atoms with Gasteiger partial charge >= 0.3 is 6.18 Å². The van der Waals surface area contributed by atoms with Gasteiger partial charge in [-0.1, -0.05) is 24.3 Å².